The van der Waals surface area contributed by atoms with E-state index in [0.29, 0.717) is 30.6 Å². The lowest BCUT2D eigenvalue weighted by Gasteiger charge is -2.42. The molecule has 8 nitrogen and oxygen atoms in total. The van der Waals surface area contributed by atoms with Crippen molar-refractivity contribution in [1.82, 2.24) is 19.9 Å². The molecule has 3 aromatic rings. The summed E-state index contributed by atoms with van der Waals surface area (Å²) in [5.74, 6) is -0.353. The van der Waals surface area contributed by atoms with E-state index in [-0.39, 0.29) is 18.6 Å². The number of carbonyl (C=O) groups excluding carboxylic acids is 2. The number of esters is 1. The average Bonchev–Trinajstić information content (AvgIpc) is 3.37. The van der Waals surface area contributed by atoms with Gasteiger partial charge in [-0.15, -0.1) is 5.10 Å². The summed E-state index contributed by atoms with van der Waals surface area (Å²) in [4.78, 5) is 27.3. The number of ether oxygens (including phenoxy) is 1. The van der Waals surface area contributed by atoms with Crippen LogP contribution in [0.15, 0.2) is 66.9 Å². The van der Waals surface area contributed by atoms with Crippen LogP contribution in [0.1, 0.15) is 72.7 Å². The summed E-state index contributed by atoms with van der Waals surface area (Å²) in [6.07, 6.45) is 4.77. The van der Waals surface area contributed by atoms with Gasteiger partial charge in [0.1, 0.15) is 12.3 Å². The molecule has 0 unspecified atom stereocenters. The average molecular weight is 477 g/mol. The molecular formula is C27H32N4O4. The second-order valence-corrected chi connectivity index (χ2v) is 8.93. The lowest BCUT2D eigenvalue weighted by Crippen LogP contribution is -2.48. The fourth-order valence-corrected chi connectivity index (χ4v) is 4.50. The van der Waals surface area contributed by atoms with Crippen molar-refractivity contribution >= 4 is 11.9 Å². The van der Waals surface area contributed by atoms with E-state index in [1.165, 1.54) is 0 Å². The number of likely N-dealkylation sites (tertiary alicyclic amines) is 1. The van der Waals surface area contributed by atoms with Gasteiger partial charge in [-0.2, -0.15) is 0 Å². The number of aliphatic hydroxyl groups is 1. The Morgan fingerprint density at radius 3 is 2.49 bits per heavy atom. The molecule has 0 saturated carbocycles. The molecule has 35 heavy (non-hydrogen) atoms. The van der Waals surface area contributed by atoms with Crippen molar-refractivity contribution < 1.29 is 19.4 Å². The molecule has 3 atom stereocenters. The van der Waals surface area contributed by atoms with E-state index in [0.717, 1.165) is 24.8 Å². The third-order valence-electron chi connectivity index (χ3n) is 6.43. The summed E-state index contributed by atoms with van der Waals surface area (Å²) < 4.78 is 6.94. The highest BCUT2D eigenvalue weighted by Gasteiger charge is 2.39. The molecule has 8 heteroatoms. The smallest absolute Gasteiger partial charge is 0.338 e. The third-order valence-corrected chi connectivity index (χ3v) is 6.43. The monoisotopic (exact) mass is 476 g/mol. The molecule has 1 amide bonds. The molecule has 2 heterocycles. The van der Waals surface area contributed by atoms with E-state index in [2.05, 4.69) is 17.2 Å². The van der Waals surface area contributed by atoms with Gasteiger partial charge < -0.3 is 14.7 Å². The standard InChI is InChI=1S/C27H32N4O4/c1-2-3-6-15-26(33)30-18-24(25(32)16-23(30)20-11-7-4-8-12-20)31-17-22(28-29-31)19-35-27(34)21-13-9-5-10-14-21/h4-5,7-14,17,23-25,32H,2-3,6,15-16,18-19H2,1H3/t23-,24-,25-/m1/s1. The summed E-state index contributed by atoms with van der Waals surface area (Å²) >= 11 is 0. The molecule has 1 fully saturated rings. The van der Waals surface area contributed by atoms with Gasteiger partial charge in [0.15, 0.2) is 0 Å². The van der Waals surface area contributed by atoms with Gasteiger partial charge in [0.05, 0.1) is 29.9 Å². The normalized spacial score (nSPS) is 19.9. The predicted molar refractivity (Wildman–Crippen MR) is 130 cm³/mol. The molecule has 2 aromatic carbocycles. The maximum absolute atomic E-state index is 13.2. The molecule has 0 aliphatic carbocycles. The van der Waals surface area contributed by atoms with Crippen LogP contribution in [-0.4, -0.2) is 49.5 Å². The first-order chi connectivity index (χ1) is 17.1. The molecule has 4 rings (SSSR count). The van der Waals surface area contributed by atoms with Crippen LogP contribution in [0, 0.1) is 0 Å². The first-order valence-electron chi connectivity index (χ1n) is 12.2. The maximum Gasteiger partial charge on any atom is 0.338 e. The van der Waals surface area contributed by atoms with Gasteiger partial charge in [0, 0.05) is 19.4 Å². The number of rotatable bonds is 9. The number of unbranched alkanes of at least 4 members (excludes halogenated alkanes) is 2. The van der Waals surface area contributed by atoms with Crippen LogP contribution >= 0.6 is 0 Å². The molecule has 1 aliphatic heterocycles. The largest absolute Gasteiger partial charge is 0.455 e. The lowest BCUT2D eigenvalue weighted by molar-refractivity contribution is -0.139. The lowest BCUT2D eigenvalue weighted by atomic mass is 9.90. The zero-order chi connectivity index (χ0) is 24.6. The number of amides is 1. The van der Waals surface area contributed by atoms with Gasteiger partial charge in [0.2, 0.25) is 5.91 Å². The molecule has 1 aromatic heterocycles. The molecule has 1 saturated heterocycles. The third kappa shape index (κ3) is 6.14. The van der Waals surface area contributed by atoms with Crippen molar-refractivity contribution in [2.45, 2.75) is 63.8 Å². The van der Waals surface area contributed by atoms with Crippen molar-refractivity contribution in [3.63, 3.8) is 0 Å². The zero-order valence-corrected chi connectivity index (χ0v) is 20.0. The molecule has 1 N–H and O–H groups in total. The summed E-state index contributed by atoms with van der Waals surface area (Å²) in [6.45, 7) is 2.42. The van der Waals surface area contributed by atoms with E-state index in [9.17, 15) is 14.7 Å². The molecular weight excluding hydrogens is 444 g/mol. The number of hydrogen-bond donors (Lipinski definition) is 1. The Morgan fingerprint density at radius 2 is 1.77 bits per heavy atom. The Bertz CT molecular complexity index is 1100. The summed E-state index contributed by atoms with van der Waals surface area (Å²) in [5.41, 5.74) is 1.96. The minimum atomic E-state index is -0.707. The highest BCUT2D eigenvalue weighted by Crippen LogP contribution is 2.36. The Kier molecular flexibility index (Phi) is 8.26. The number of piperidine rings is 1. The van der Waals surface area contributed by atoms with Crippen molar-refractivity contribution in [3.05, 3.63) is 83.7 Å². The fourth-order valence-electron chi connectivity index (χ4n) is 4.50. The summed E-state index contributed by atoms with van der Waals surface area (Å²) in [7, 11) is 0. The maximum atomic E-state index is 13.2. The predicted octanol–water partition coefficient (Wildman–Crippen LogP) is 4.09. The van der Waals surface area contributed by atoms with Crippen molar-refractivity contribution in [2.75, 3.05) is 6.54 Å². The number of aliphatic hydroxyl groups excluding tert-OH is 1. The number of benzene rings is 2. The number of carbonyl (C=O) groups is 2. The zero-order valence-electron chi connectivity index (χ0n) is 20.0. The molecule has 0 radical (unpaired) electrons. The van der Waals surface area contributed by atoms with Crippen LogP contribution in [0.25, 0.3) is 0 Å². The van der Waals surface area contributed by atoms with Gasteiger partial charge in [-0.3, -0.25) is 4.79 Å². The van der Waals surface area contributed by atoms with Crippen LogP contribution in [0.2, 0.25) is 0 Å². The quantitative estimate of drug-likeness (QED) is 0.369. The first kappa shape index (κ1) is 24.6. The van der Waals surface area contributed by atoms with Crippen LogP contribution in [0.3, 0.4) is 0 Å². The molecule has 184 valence electrons. The van der Waals surface area contributed by atoms with Crippen molar-refractivity contribution in [2.24, 2.45) is 0 Å². The van der Waals surface area contributed by atoms with E-state index < -0.39 is 18.1 Å². The minimum absolute atomic E-state index is 0.0250. The fraction of sp³-hybridized carbons (Fsp3) is 0.407. The van der Waals surface area contributed by atoms with Gasteiger partial charge in [-0.25, -0.2) is 9.48 Å². The SMILES string of the molecule is CCCCCC(=O)N1C[C@@H](n2cc(COC(=O)c3ccccc3)nn2)[C@H](O)C[C@@H]1c1ccccc1. The van der Waals surface area contributed by atoms with Gasteiger partial charge >= 0.3 is 5.97 Å². The van der Waals surface area contributed by atoms with Crippen LogP contribution in [0.4, 0.5) is 0 Å². The van der Waals surface area contributed by atoms with Crippen LogP contribution in [0.5, 0.6) is 0 Å². The van der Waals surface area contributed by atoms with E-state index in [4.69, 9.17) is 4.74 Å². The highest BCUT2D eigenvalue weighted by molar-refractivity contribution is 5.89. The molecule has 1 aliphatic rings. The second-order valence-electron chi connectivity index (χ2n) is 8.93. The second kappa shape index (κ2) is 11.8. The Hall–Kier alpha value is -3.52. The molecule has 0 spiro atoms. The Labute approximate surface area is 205 Å². The topological polar surface area (TPSA) is 97.6 Å². The highest BCUT2D eigenvalue weighted by atomic mass is 16.5. The summed E-state index contributed by atoms with van der Waals surface area (Å²) in [5, 5.41) is 19.3. The minimum Gasteiger partial charge on any atom is -0.455 e. The van der Waals surface area contributed by atoms with Gasteiger partial charge in [0.25, 0.3) is 0 Å². The number of nitrogens with zero attached hydrogens (tertiary/aromatic N) is 4. The van der Waals surface area contributed by atoms with Crippen molar-refractivity contribution in [3.8, 4) is 0 Å². The van der Waals surface area contributed by atoms with Crippen molar-refractivity contribution in [1.29, 1.82) is 0 Å². The van der Waals surface area contributed by atoms with E-state index in [1.807, 2.05) is 41.3 Å². The van der Waals surface area contributed by atoms with Gasteiger partial charge in [-0.05, 0) is 24.1 Å². The van der Waals surface area contributed by atoms with Gasteiger partial charge in [-0.1, -0.05) is 73.5 Å². The van der Waals surface area contributed by atoms with Crippen LogP contribution < -0.4 is 0 Å². The van der Waals surface area contributed by atoms with E-state index >= 15 is 0 Å². The van der Waals surface area contributed by atoms with Crippen LogP contribution in [-0.2, 0) is 16.1 Å². The summed E-state index contributed by atoms with van der Waals surface area (Å²) in [6, 6.07) is 18.0. The Balaban J connectivity index is 1.46. The molecule has 0 bridgehead atoms. The first-order valence-corrected chi connectivity index (χ1v) is 12.2. The van der Waals surface area contributed by atoms with E-state index in [1.54, 1.807) is 35.1 Å². The Morgan fingerprint density at radius 1 is 1.06 bits per heavy atom. The number of aromatic nitrogens is 3. The number of hydrogen-bond acceptors (Lipinski definition) is 6.